The number of carboxylic acid groups (broad SMARTS) is 1. The molecule has 3 rings (SSSR count). The summed E-state index contributed by atoms with van der Waals surface area (Å²) in [4.78, 5) is 34.9. The summed E-state index contributed by atoms with van der Waals surface area (Å²) in [5, 5.41) is 9.39. The van der Waals surface area contributed by atoms with Gasteiger partial charge in [-0.25, -0.2) is 9.78 Å². The number of imidazole rings is 1. The maximum Gasteiger partial charge on any atom is 0.326 e. The molecule has 23 heavy (non-hydrogen) atoms. The predicted octanol–water partition coefficient (Wildman–Crippen LogP) is 0.577. The van der Waals surface area contributed by atoms with E-state index in [2.05, 4.69) is 14.9 Å². The van der Waals surface area contributed by atoms with E-state index < -0.39 is 12.0 Å². The van der Waals surface area contributed by atoms with Gasteiger partial charge in [-0.1, -0.05) is 0 Å². The maximum atomic E-state index is 12.4. The van der Waals surface area contributed by atoms with Crippen molar-refractivity contribution in [1.29, 1.82) is 0 Å². The van der Waals surface area contributed by atoms with Crippen molar-refractivity contribution in [2.45, 2.75) is 31.8 Å². The average Bonchev–Trinajstić information content (AvgIpc) is 3.20. The smallest absolute Gasteiger partial charge is 0.326 e. The van der Waals surface area contributed by atoms with E-state index in [1.165, 1.54) is 17.7 Å². The summed E-state index contributed by atoms with van der Waals surface area (Å²) in [6, 6.07) is -0.808. The number of H-pyrrole nitrogens is 1. The van der Waals surface area contributed by atoms with E-state index in [9.17, 15) is 14.7 Å². The van der Waals surface area contributed by atoms with E-state index in [0.717, 1.165) is 36.8 Å². The molecule has 126 valence electrons. The summed E-state index contributed by atoms with van der Waals surface area (Å²) < 4.78 is 0. The second kappa shape index (κ2) is 7.35. The van der Waals surface area contributed by atoms with E-state index in [-0.39, 0.29) is 12.3 Å². The van der Waals surface area contributed by atoms with Gasteiger partial charge in [-0.15, -0.1) is 0 Å². The summed E-state index contributed by atoms with van der Waals surface area (Å²) in [7, 11) is 0. The van der Waals surface area contributed by atoms with Gasteiger partial charge in [0.25, 0.3) is 0 Å². The highest BCUT2D eigenvalue weighted by atomic mass is 32.2. The topological polar surface area (TPSA) is 89.5 Å². The van der Waals surface area contributed by atoms with Crippen LogP contribution in [0.25, 0.3) is 0 Å². The Morgan fingerprint density at radius 3 is 2.91 bits per heavy atom. The third-order valence-corrected chi connectivity index (χ3v) is 5.40. The first-order valence-corrected chi connectivity index (χ1v) is 9.14. The molecule has 0 spiro atoms. The number of nitrogens with one attached hydrogen (secondary N) is 1. The molecule has 0 aliphatic carbocycles. The van der Waals surface area contributed by atoms with Gasteiger partial charge < -0.3 is 19.9 Å². The average molecular weight is 338 g/mol. The molecular formula is C15H22N4O3S. The number of carbonyl (C=O) groups is 2. The highest BCUT2D eigenvalue weighted by Gasteiger charge is 2.35. The number of fused-ring (bicyclic) bond motifs is 1. The Bertz CT molecular complexity index is 571. The first-order valence-electron chi connectivity index (χ1n) is 7.98. The quantitative estimate of drug-likeness (QED) is 0.738. The minimum atomic E-state index is -0.964. The Kier molecular flexibility index (Phi) is 5.22. The summed E-state index contributed by atoms with van der Waals surface area (Å²) in [5.41, 5.74) is 1.60. The zero-order valence-corrected chi connectivity index (χ0v) is 13.8. The number of aromatic nitrogens is 2. The molecule has 1 amide bonds. The van der Waals surface area contributed by atoms with Crippen LogP contribution in [0.15, 0.2) is 6.33 Å². The summed E-state index contributed by atoms with van der Waals surface area (Å²) in [5.74, 6) is 0.173. The van der Waals surface area contributed by atoms with Crippen molar-refractivity contribution in [2.24, 2.45) is 0 Å². The van der Waals surface area contributed by atoms with Gasteiger partial charge in [0.2, 0.25) is 5.91 Å². The van der Waals surface area contributed by atoms with E-state index >= 15 is 0 Å². The zero-order chi connectivity index (χ0) is 16.2. The molecule has 7 nitrogen and oxygen atoms in total. The number of carbonyl (C=O) groups excluding carboxylic acids is 1. The van der Waals surface area contributed by atoms with E-state index in [4.69, 9.17) is 0 Å². The Hall–Kier alpha value is -1.54. The van der Waals surface area contributed by atoms with Crippen molar-refractivity contribution < 1.29 is 14.7 Å². The SMILES string of the molecule is O=C(O)C1Cc2nc[nH]c2CN1C(=O)CSCCN1CCCC1. The lowest BCUT2D eigenvalue weighted by atomic mass is 10.0. The second-order valence-electron chi connectivity index (χ2n) is 6.01. The fraction of sp³-hybridized carbons (Fsp3) is 0.667. The van der Waals surface area contributed by atoms with Gasteiger partial charge in [0, 0.05) is 18.7 Å². The van der Waals surface area contributed by atoms with Crippen LogP contribution >= 0.6 is 11.8 Å². The standard InChI is InChI=1S/C15H22N4O3S/c20-14(9-23-6-5-18-3-1-2-4-18)19-8-12-11(16-10-17-12)7-13(19)15(21)22/h10,13H,1-9H2,(H,16,17)(H,21,22). The number of amides is 1. The van der Waals surface area contributed by atoms with Crippen LogP contribution in [-0.2, 0) is 22.6 Å². The van der Waals surface area contributed by atoms with Crippen molar-refractivity contribution in [1.82, 2.24) is 19.8 Å². The van der Waals surface area contributed by atoms with Gasteiger partial charge in [0.1, 0.15) is 6.04 Å². The number of hydrogen-bond donors (Lipinski definition) is 2. The lowest BCUT2D eigenvalue weighted by Gasteiger charge is -2.32. The Balaban J connectivity index is 1.51. The molecule has 1 aromatic rings. The predicted molar refractivity (Wildman–Crippen MR) is 87.3 cm³/mol. The molecule has 1 aromatic heterocycles. The number of hydrogen-bond acceptors (Lipinski definition) is 5. The van der Waals surface area contributed by atoms with Gasteiger partial charge >= 0.3 is 5.97 Å². The first kappa shape index (κ1) is 16.3. The third-order valence-electron chi connectivity index (χ3n) is 4.48. The van der Waals surface area contributed by atoms with Gasteiger partial charge in [0.15, 0.2) is 0 Å². The molecule has 1 atom stereocenters. The Labute approximate surface area is 139 Å². The lowest BCUT2D eigenvalue weighted by Crippen LogP contribution is -2.49. The van der Waals surface area contributed by atoms with Gasteiger partial charge in [-0.05, 0) is 25.9 Å². The summed E-state index contributed by atoms with van der Waals surface area (Å²) in [6.45, 7) is 3.62. The summed E-state index contributed by atoms with van der Waals surface area (Å²) in [6.07, 6.45) is 4.37. The number of nitrogens with zero attached hydrogens (tertiary/aromatic N) is 3. The van der Waals surface area contributed by atoms with Gasteiger partial charge in [0.05, 0.1) is 30.0 Å². The van der Waals surface area contributed by atoms with E-state index in [0.29, 0.717) is 12.3 Å². The molecule has 3 heterocycles. The highest BCUT2D eigenvalue weighted by Crippen LogP contribution is 2.22. The van der Waals surface area contributed by atoms with Gasteiger partial charge in [-0.3, -0.25) is 4.79 Å². The molecule has 2 aliphatic heterocycles. The van der Waals surface area contributed by atoms with Crippen LogP contribution in [0.5, 0.6) is 0 Å². The van der Waals surface area contributed by atoms with Crippen molar-refractivity contribution in [3.05, 3.63) is 17.7 Å². The van der Waals surface area contributed by atoms with E-state index in [1.807, 2.05) is 0 Å². The zero-order valence-electron chi connectivity index (χ0n) is 13.0. The molecule has 0 radical (unpaired) electrons. The van der Waals surface area contributed by atoms with Crippen LogP contribution in [0.2, 0.25) is 0 Å². The van der Waals surface area contributed by atoms with Crippen LogP contribution in [0.1, 0.15) is 24.2 Å². The van der Waals surface area contributed by atoms with Crippen LogP contribution in [-0.4, -0.2) is 73.9 Å². The molecule has 2 N–H and O–H groups in total. The molecule has 0 aromatic carbocycles. The monoisotopic (exact) mass is 338 g/mol. The largest absolute Gasteiger partial charge is 0.480 e. The number of thioether (sulfide) groups is 1. The van der Waals surface area contributed by atoms with Gasteiger partial charge in [-0.2, -0.15) is 11.8 Å². The minimum Gasteiger partial charge on any atom is -0.480 e. The number of aliphatic carboxylic acids is 1. The highest BCUT2D eigenvalue weighted by molar-refractivity contribution is 7.99. The Morgan fingerprint density at radius 2 is 2.17 bits per heavy atom. The molecule has 0 saturated carbocycles. The number of aromatic amines is 1. The number of likely N-dealkylation sites (tertiary alicyclic amines) is 1. The maximum absolute atomic E-state index is 12.4. The van der Waals surface area contributed by atoms with Crippen LogP contribution in [0.4, 0.5) is 0 Å². The molecule has 1 unspecified atom stereocenters. The summed E-state index contributed by atoms with van der Waals surface area (Å²) >= 11 is 1.59. The van der Waals surface area contributed by atoms with Crippen molar-refractivity contribution in [2.75, 3.05) is 31.1 Å². The molecule has 0 bridgehead atoms. The first-order chi connectivity index (χ1) is 11.1. The second-order valence-corrected chi connectivity index (χ2v) is 7.11. The minimum absolute atomic E-state index is 0.107. The number of rotatable bonds is 6. The Morgan fingerprint density at radius 1 is 1.39 bits per heavy atom. The van der Waals surface area contributed by atoms with Crippen LogP contribution in [0, 0.1) is 0 Å². The fourth-order valence-electron chi connectivity index (χ4n) is 3.16. The molecular weight excluding hydrogens is 316 g/mol. The van der Waals surface area contributed by atoms with E-state index in [1.54, 1.807) is 18.1 Å². The molecule has 2 aliphatic rings. The molecule has 1 fully saturated rings. The van der Waals surface area contributed by atoms with Crippen LogP contribution in [0.3, 0.4) is 0 Å². The third kappa shape index (κ3) is 3.87. The number of carboxylic acids is 1. The fourth-order valence-corrected chi connectivity index (χ4v) is 4.03. The lowest BCUT2D eigenvalue weighted by molar-refractivity contribution is -0.150. The van der Waals surface area contributed by atoms with Crippen molar-refractivity contribution >= 4 is 23.6 Å². The molecule has 1 saturated heterocycles. The van der Waals surface area contributed by atoms with Crippen LogP contribution < -0.4 is 0 Å². The molecule has 8 heteroatoms. The van der Waals surface area contributed by atoms with Crippen molar-refractivity contribution in [3.8, 4) is 0 Å². The normalized spacial score (nSPS) is 21.4. The van der Waals surface area contributed by atoms with Crippen molar-refractivity contribution in [3.63, 3.8) is 0 Å².